The number of nitrogens with one attached hydrogen (secondary N) is 1. The summed E-state index contributed by atoms with van der Waals surface area (Å²) in [5, 5.41) is 3.10. The Morgan fingerprint density at radius 2 is 1.59 bits per heavy atom. The van der Waals surface area contributed by atoms with E-state index < -0.39 is 28.5 Å². The van der Waals surface area contributed by atoms with Gasteiger partial charge in [-0.05, 0) is 62.9 Å². The molecule has 0 aromatic heterocycles. The van der Waals surface area contributed by atoms with Gasteiger partial charge in [-0.2, -0.15) is 0 Å². The van der Waals surface area contributed by atoms with Crippen LogP contribution in [-0.4, -0.2) is 43.8 Å². The summed E-state index contributed by atoms with van der Waals surface area (Å²) < 4.78 is 28.9. The van der Waals surface area contributed by atoms with Crippen LogP contribution in [-0.2, 0) is 26.2 Å². The zero-order valence-electron chi connectivity index (χ0n) is 22.8. The normalized spacial score (nSPS) is 14.5. The number of carbonyl (C=O) groups excluding carboxylic acids is 2. The summed E-state index contributed by atoms with van der Waals surface area (Å²) in [5.74, 6) is -0.676. The third-order valence-corrected chi connectivity index (χ3v) is 9.07. The minimum absolute atomic E-state index is 0.0957. The molecule has 0 bridgehead atoms. The van der Waals surface area contributed by atoms with Crippen molar-refractivity contribution in [2.24, 2.45) is 0 Å². The number of anilines is 1. The number of benzene rings is 3. The van der Waals surface area contributed by atoms with E-state index >= 15 is 0 Å². The predicted molar refractivity (Wildman–Crippen MR) is 154 cm³/mol. The Morgan fingerprint density at radius 1 is 0.923 bits per heavy atom. The van der Waals surface area contributed by atoms with Crippen LogP contribution < -0.4 is 9.62 Å². The first-order valence-corrected chi connectivity index (χ1v) is 14.9. The highest BCUT2D eigenvalue weighted by atomic mass is 32.2. The van der Waals surface area contributed by atoms with Crippen molar-refractivity contribution in [2.75, 3.05) is 10.8 Å². The number of para-hydroxylation sites is 1. The molecule has 4 rings (SSSR count). The number of amides is 2. The molecule has 0 heterocycles. The number of rotatable bonds is 10. The lowest BCUT2D eigenvalue weighted by Gasteiger charge is -2.33. The van der Waals surface area contributed by atoms with Crippen molar-refractivity contribution >= 4 is 27.5 Å². The number of aryl methyl sites for hydroxylation is 2. The van der Waals surface area contributed by atoms with Crippen molar-refractivity contribution in [1.29, 1.82) is 0 Å². The Hall–Kier alpha value is -3.65. The molecule has 39 heavy (non-hydrogen) atoms. The molecule has 2 amide bonds. The minimum atomic E-state index is -4.06. The highest BCUT2D eigenvalue weighted by Gasteiger charge is 2.33. The van der Waals surface area contributed by atoms with Crippen molar-refractivity contribution in [3.63, 3.8) is 0 Å². The molecule has 1 N–H and O–H groups in total. The monoisotopic (exact) mass is 547 g/mol. The summed E-state index contributed by atoms with van der Waals surface area (Å²) >= 11 is 0. The highest BCUT2D eigenvalue weighted by Crippen LogP contribution is 2.27. The van der Waals surface area contributed by atoms with Crippen LogP contribution in [0.4, 0.5) is 5.69 Å². The molecule has 1 saturated carbocycles. The largest absolute Gasteiger partial charge is 0.352 e. The summed E-state index contributed by atoms with van der Waals surface area (Å²) in [6, 6.07) is 22.3. The number of hydrogen-bond donors (Lipinski definition) is 1. The van der Waals surface area contributed by atoms with Crippen molar-refractivity contribution in [2.45, 2.75) is 70.0 Å². The van der Waals surface area contributed by atoms with Crippen LogP contribution in [0.2, 0.25) is 0 Å². The minimum Gasteiger partial charge on any atom is -0.352 e. The van der Waals surface area contributed by atoms with Crippen LogP contribution in [0.5, 0.6) is 0 Å². The molecule has 8 heteroatoms. The summed E-state index contributed by atoms with van der Waals surface area (Å²) in [7, 11) is -4.06. The van der Waals surface area contributed by atoms with Gasteiger partial charge >= 0.3 is 0 Å². The van der Waals surface area contributed by atoms with Crippen LogP contribution in [0.3, 0.4) is 0 Å². The maximum absolute atomic E-state index is 14.0. The zero-order valence-corrected chi connectivity index (χ0v) is 23.7. The summed E-state index contributed by atoms with van der Waals surface area (Å²) in [4.78, 5) is 28.9. The number of hydrogen-bond acceptors (Lipinski definition) is 4. The number of nitrogens with zero attached hydrogens (tertiary/aromatic N) is 2. The molecule has 0 saturated heterocycles. The van der Waals surface area contributed by atoms with Crippen LogP contribution >= 0.6 is 0 Å². The maximum Gasteiger partial charge on any atom is 0.264 e. The lowest BCUT2D eigenvalue weighted by Crippen LogP contribution is -2.52. The van der Waals surface area contributed by atoms with E-state index in [2.05, 4.69) is 5.32 Å². The van der Waals surface area contributed by atoms with Gasteiger partial charge in [-0.3, -0.25) is 13.9 Å². The SMILES string of the molecule is Cc1cccc(CN(C(=O)CN(c2ccccc2C)S(=O)(=O)c2ccccc2)[C@H](C)C(=O)NC2CCCC2)c1. The average molecular weight is 548 g/mol. The molecule has 1 fully saturated rings. The highest BCUT2D eigenvalue weighted by molar-refractivity contribution is 7.92. The Labute approximate surface area is 231 Å². The van der Waals surface area contributed by atoms with Crippen molar-refractivity contribution in [3.8, 4) is 0 Å². The Balaban J connectivity index is 1.69. The summed E-state index contributed by atoms with van der Waals surface area (Å²) in [6.45, 7) is 5.25. The van der Waals surface area contributed by atoms with Crippen LogP contribution in [0.1, 0.15) is 49.3 Å². The molecule has 0 aliphatic heterocycles. The van der Waals surface area contributed by atoms with Gasteiger partial charge in [-0.15, -0.1) is 0 Å². The lowest BCUT2D eigenvalue weighted by atomic mass is 10.1. The topological polar surface area (TPSA) is 86.8 Å². The van der Waals surface area contributed by atoms with E-state index in [1.54, 1.807) is 37.3 Å². The van der Waals surface area contributed by atoms with E-state index in [1.165, 1.54) is 17.0 Å². The van der Waals surface area contributed by atoms with Crippen molar-refractivity contribution in [1.82, 2.24) is 10.2 Å². The first-order chi connectivity index (χ1) is 18.7. The molecule has 0 spiro atoms. The fourth-order valence-electron chi connectivity index (χ4n) is 5.06. The fourth-order valence-corrected chi connectivity index (χ4v) is 6.56. The maximum atomic E-state index is 14.0. The second kappa shape index (κ2) is 12.5. The predicted octanol–water partition coefficient (Wildman–Crippen LogP) is 4.97. The summed E-state index contributed by atoms with van der Waals surface area (Å²) in [6.07, 6.45) is 4.02. The van der Waals surface area contributed by atoms with E-state index in [9.17, 15) is 18.0 Å². The van der Waals surface area contributed by atoms with E-state index in [1.807, 2.05) is 50.2 Å². The molecular weight excluding hydrogens is 510 g/mol. The lowest BCUT2D eigenvalue weighted by molar-refractivity contribution is -0.139. The van der Waals surface area contributed by atoms with E-state index in [-0.39, 0.29) is 23.4 Å². The van der Waals surface area contributed by atoms with Gasteiger partial charge in [-0.25, -0.2) is 8.42 Å². The van der Waals surface area contributed by atoms with Gasteiger partial charge in [0.05, 0.1) is 10.6 Å². The van der Waals surface area contributed by atoms with Crippen molar-refractivity contribution in [3.05, 3.63) is 95.6 Å². The molecule has 0 unspecified atom stereocenters. The molecule has 206 valence electrons. The molecule has 3 aromatic carbocycles. The first-order valence-electron chi connectivity index (χ1n) is 13.5. The zero-order chi connectivity index (χ0) is 28.0. The number of carbonyl (C=O) groups is 2. The fraction of sp³-hybridized carbons (Fsp3) is 0.355. The van der Waals surface area contributed by atoms with Gasteiger partial charge in [0.1, 0.15) is 12.6 Å². The van der Waals surface area contributed by atoms with Gasteiger partial charge in [0, 0.05) is 12.6 Å². The van der Waals surface area contributed by atoms with Crippen LogP contribution in [0, 0.1) is 13.8 Å². The molecule has 1 atom stereocenters. The van der Waals surface area contributed by atoms with Gasteiger partial charge in [0.2, 0.25) is 11.8 Å². The Bertz CT molecular complexity index is 1400. The Kier molecular flexibility index (Phi) is 9.07. The second-order valence-corrected chi connectivity index (χ2v) is 12.2. The second-order valence-electron chi connectivity index (χ2n) is 10.3. The summed E-state index contributed by atoms with van der Waals surface area (Å²) in [5.41, 5.74) is 3.06. The van der Waals surface area contributed by atoms with Crippen molar-refractivity contribution < 1.29 is 18.0 Å². The number of sulfonamides is 1. The van der Waals surface area contributed by atoms with Gasteiger partial charge in [0.15, 0.2) is 0 Å². The van der Waals surface area contributed by atoms with Gasteiger partial charge in [-0.1, -0.05) is 79.1 Å². The third-order valence-electron chi connectivity index (χ3n) is 7.30. The average Bonchev–Trinajstić information content (AvgIpc) is 3.44. The van der Waals surface area contributed by atoms with Gasteiger partial charge in [0.25, 0.3) is 10.0 Å². The molecule has 3 aromatic rings. The van der Waals surface area contributed by atoms with E-state index in [4.69, 9.17) is 0 Å². The van der Waals surface area contributed by atoms with Crippen LogP contribution in [0.25, 0.3) is 0 Å². The smallest absolute Gasteiger partial charge is 0.264 e. The first kappa shape index (κ1) is 28.4. The standard InChI is InChI=1S/C31H37N3O4S/c1-23-12-11-14-26(20-23)21-33(25(3)31(36)32-27-15-8-9-16-27)30(35)22-34(29-19-10-7-13-24(29)2)39(37,38)28-17-5-4-6-18-28/h4-7,10-14,17-20,25,27H,8-9,15-16,21-22H2,1-3H3,(H,32,36)/t25-/m1/s1. The Morgan fingerprint density at radius 3 is 2.26 bits per heavy atom. The molecule has 1 aliphatic carbocycles. The molecular formula is C31H37N3O4S. The third kappa shape index (κ3) is 6.87. The molecule has 1 aliphatic rings. The van der Waals surface area contributed by atoms with Crippen LogP contribution in [0.15, 0.2) is 83.8 Å². The van der Waals surface area contributed by atoms with Gasteiger partial charge < -0.3 is 10.2 Å². The van der Waals surface area contributed by atoms with E-state index in [0.717, 1.165) is 46.7 Å². The molecule has 0 radical (unpaired) electrons. The molecule has 7 nitrogen and oxygen atoms in total. The van der Waals surface area contributed by atoms with E-state index in [0.29, 0.717) is 5.69 Å². The quantitative estimate of drug-likeness (QED) is 0.388.